The average molecular weight is 377 g/mol. The number of aromatic nitrogens is 3. The van der Waals surface area contributed by atoms with E-state index in [0.29, 0.717) is 15.7 Å². The van der Waals surface area contributed by atoms with Crippen molar-refractivity contribution < 1.29 is 14.3 Å². The molecule has 0 bridgehead atoms. The zero-order chi connectivity index (χ0) is 17.8. The molecule has 7 nitrogen and oxygen atoms in total. The number of carbonyl (C=O) groups is 2. The molecule has 1 N–H and O–H groups in total. The third-order valence-corrected chi connectivity index (χ3v) is 4.37. The summed E-state index contributed by atoms with van der Waals surface area (Å²) in [6, 6.07) is 6.80. The maximum Gasteiger partial charge on any atom is 0.358 e. The smallest absolute Gasteiger partial charge is 0.358 e. The van der Waals surface area contributed by atoms with Gasteiger partial charge in [0.2, 0.25) is 0 Å². The zero-order valence-electron chi connectivity index (χ0n) is 13.1. The van der Waals surface area contributed by atoms with Crippen LogP contribution < -0.4 is 5.32 Å². The highest BCUT2D eigenvalue weighted by atomic mass is 35.5. The molecule has 0 aliphatic carbocycles. The normalized spacial score (nSPS) is 10.5. The Morgan fingerprint density at radius 2 is 2.16 bits per heavy atom. The highest BCUT2D eigenvalue weighted by Crippen LogP contribution is 2.23. The van der Waals surface area contributed by atoms with Crippen LogP contribution >= 0.6 is 22.9 Å². The third kappa shape index (κ3) is 4.23. The van der Waals surface area contributed by atoms with Crippen LogP contribution in [-0.4, -0.2) is 33.2 Å². The summed E-state index contributed by atoms with van der Waals surface area (Å²) in [7, 11) is 1.80. The second kappa shape index (κ2) is 7.45. The first kappa shape index (κ1) is 17.1. The van der Waals surface area contributed by atoms with E-state index in [-0.39, 0.29) is 5.69 Å². The van der Waals surface area contributed by atoms with Crippen molar-refractivity contribution in [2.45, 2.75) is 0 Å². The molecule has 9 heteroatoms. The van der Waals surface area contributed by atoms with E-state index in [2.05, 4.69) is 15.4 Å². The Kier molecular flexibility index (Phi) is 5.11. The molecule has 128 valence electrons. The van der Waals surface area contributed by atoms with E-state index in [9.17, 15) is 9.59 Å². The Bertz CT molecular complexity index is 922. The van der Waals surface area contributed by atoms with Crippen LogP contribution in [0.4, 0.5) is 5.69 Å². The zero-order valence-corrected chi connectivity index (χ0v) is 14.7. The molecule has 0 aliphatic rings. The number of thiazole rings is 1. The number of ether oxygens (including phenoxy) is 1. The second-order valence-corrected chi connectivity index (χ2v) is 6.31. The fraction of sp³-hybridized carbons (Fsp3) is 0.125. The van der Waals surface area contributed by atoms with Crippen molar-refractivity contribution >= 4 is 40.5 Å². The quantitative estimate of drug-likeness (QED) is 0.692. The Balaban J connectivity index is 1.57. The van der Waals surface area contributed by atoms with Gasteiger partial charge in [0.05, 0.1) is 16.9 Å². The van der Waals surface area contributed by atoms with Gasteiger partial charge in [-0.25, -0.2) is 9.78 Å². The molecule has 3 aromatic rings. The largest absolute Gasteiger partial charge is 0.451 e. The van der Waals surface area contributed by atoms with Gasteiger partial charge in [0.25, 0.3) is 5.91 Å². The molecule has 0 spiro atoms. The first-order valence-electron chi connectivity index (χ1n) is 7.19. The fourth-order valence-electron chi connectivity index (χ4n) is 1.99. The predicted molar refractivity (Wildman–Crippen MR) is 94.7 cm³/mol. The van der Waals surface area contributed by atoms with Gasteiger partial charge in [-0.15, -0.1) is 11.3 Å². The van der Waals surface area contributed by atoms with Crippen molar-refractivity contribution in [3.05, 3.63) is 52.8 Å². The van der Waals surface area contributed by atoms with Crippen molar-refractivity contribution in [2.24, 2.45) is 7.05 Å². The number of benzene rings is 1. The van der Waals surface area contributed by atoms with Crippen LogP contribution in [0.5, 0.6) is 0 Å². The lowest BCUT2D eigenvalue weighted by Crippen LogP contribution is -2.21. The summed E-state index contributed by atoms with van der Waals surface area (Å²) in [6.07, 6.45) is 3.45. The number of amides is 1. The highest BCUT2D eigenvalue weighted by molar-refractivity contribution is 7.13. The number of aryl methyl sites for hydroxylation is 1. The van der Waals surface area contributed by atoms with E-state index in [4.69, 9.17) is 16.3 Å². The van der Waals surface area contributed by atoms with E-state index in [1.54, 1.807) is 53.8 Å². The number of esters is 1. The Morgan fingerprint density at radius 3 is 2.88 bits per heavy atom. The minimum atomic E-state index is -0.666. The average Bonchev–Trinajstić information content (AvgIpc) is 3.23. The van der Waals surface area contributed by atoms with E-state index in [1.807, 2.05) is 0 Å². The molecule has 0 saturated heterocycles. The van der Waals surface area contributed by atoms with Gasteiger partial charge in [-0.05, 0) is 12.1 Å². The molecular formula is C16H13ClN4O3S. The molecule has 0 atom stereocenters. The first-order chi connectivity index (χ1) is 12.0. The van der Waals surface area contributed by atoms with Gasteiger partial charge in [0, 0.05) is 24.2 Å². The highest BCUT2D eigenvalue weighted by Gasteiger charge is 2.16. The van der Waals surface area contributed by atoms with Crippen molar-refractivity contribution in [3.8, 4) is 10.6 Å². The molecule has 1 amide bonds. The summed E-state index contributed by atoms with van der Waals surface area (Å²) < 4.78 is 6.63. The SMILES string of the molecule is Cn1cc(-c2nc(C(=O)OCC(=O)Nc3ccccc3Cl)cs2)cn1. The van der Waals surface area contributed by atoms with Gasteiger partial charge in [-0.2, -0.15) is 5.10 Å². The van der Waals surface area contributed by atoms with Crippen LogP contribution in [0.25, 0.3) is 10.6 Å². The van der Waals surface area contributed by atoms with Gasteiger partial charge in [0.15, 0.2) is 12.3 Å². The molecule has 2 aromatic heterocycles. The molecule has 1 aromatic carbocycles. The Hall–Kier alpha value is -2.71. The van der Waals surface area contributed by atoms with E-state index in [0.717, 1.165) is 5.56 Å². The molecular weight excluding hydrogens is 364 g/mol. The van der Waals surface area contributed by atoms with E-state index < -0.39 is 18.5 Å². The summed E-state index contributed by atoms with van der Waals surface area (Å²) in [4.78, 5) is 28.1. The molecule has 0 unspecified atom stereocenters. The van der Waals surface area contributed by atoms with Crippen molar-refractivity contribution in [2.75, 3.05) is 11.9 Å². The number of rotatable bonds is 5. The van der Waals surface area contributed by atoms with Crippen molar-refractivity contribution in [1.82, 2.24) is 14.8 Å². The molecule has 25 heavy (non-hydrogen) atoms. The van der Waals surface area contributed by atoms with Gasteiger partial charge in [-0.1, -0.05) is 23.7 Å². The van der Waals surface area contributed by atoms with Crippen LogP contribution in [0, 0.1) is 0 Å². The number of nitrogens with one attached hydrogen (secondary N) is 1. The van der Waals surface area contributed by atoms with Gasteiger partial charge < -0.3 is 10.1 Å². The number of anilines is 1. The van der Waals surface area contributed by atoms with Crippen molar-refractivity contribution in [3.63, 3.8) is 0 Å². The number of nitrogens with zero attached hydrogens (tertiary/aromatic N) is 3. The lowest BCUT2D eigenvalue weighted by molar-refractivity contribution is -0.119. The van der Waals surface area contributed by atoms with Gasteiger partial charge >= 0.3 is 5.97 Å². The summed E-state index contributed by atoms with van der Waals surface area (Å²) in [5.41, 5.74) is 1.41. The van der Waals surface area contributed by atoms with Gasteiger partial charge in [0.1, 0.15) is 5.01 Å². The Morgan fingerprint density at radius 1 is 1.36 bits per heavy atom. The molecule has 0 radical (unpaired) electrons. The number of halogens is 1. The summed E-state index contributed by atoms with van der Waals surface area (Å²) in [5.74, 6) is -1.15. The number of hydrogen-bond donors (Lipinski definition) is 1. The van der Waals surface area contributed by atoms with Crippen LogP contribution in [0.15, 0.2) is 42.0 Å². The minimum Gasteiger partial charge on any atom is -0.451 e. The predicted octanol–water partition coefficient (Wildman–Crippen LogP) is 2.99. The molecule has 0 aliphatic heterocycles. The van der Waals surface area contributed by atoms with Crippen LogP contribution in [-0.2, 0) is 16.6 Å². The minimum absolute atomic E-state index is 0.148. The van der Waals surface area contributed by atoms with E-state index >= 15 is 0 Å². The van der Waals surface area contributed by atoms with Gasteiger partial charge in [-0.3, -0.25) is 9.48 Å². The lowest BCUT2D eigenvalue weighted by atomic mass is 10.3. The first-order valence-corrected chi connectivity index (χ1v) is 8.45. The summed E-state index contributed by atoms with van der Waals surface area (Å²) in [5, 5.41) is 9.27. The van der Waals surface area contributed by atoms with Crippen LogP contribution in [0.1, 0.15) is 10.5 Å². The molecule has 0 saturated carbocycles. The molecule has 3 rings (SSSR count). The van der Waals surface area contributed by atoms with E-state index in [1.165, 1.54) is 11.3 Å². The summed E-state index contributed by atoms with van der Waals surface area (Å²) >= 11 is 7.25. The molecule has 2 heterocycles. The number of carbonyl (C=O) groups excluding carboxylic acids is 2. The lowest BCUT2D eigenvalue weighted by Gasteiger charge is -2.07. The fourth-order valence-corrected chi connectivity index (χ4v) is 2.93. The molecule has 0 fully saturated rings. The standard InChI is InChI=1S/C16H13ClN4O3S/c1-21-7-10(6-18-21)15-20-13(9-25-15)16(23)24-8-14(22)19-12-5-3-2-4-11(12)17/h2-7,9H,8H2,1H3,(H,19,22). The number of para-hydroxylation sites is 1. The third-order valence-electron chi connectivity index (χ3n) is 3.15. The monoisotopic (exact) mass is 376 g/mol. The van der Waals surface area contributed by atoms with Crippen LogP contribution in [0.2, 0.25) is 5.02 Å². The Labute approximate surface area is 152 Å². The number of hydrogen-bond acceptors (Lipinski definition) is 6. The van der Waals surface area contributed by atoms with Crippen molar-refractivity contribution in [1.29, 1.82) is 0 Å². The topological polar surface area (TPSA) is 86.1 Å². The maximum atomic E-state index is 12.0. The maximum absolute atomic E-state index is 12.0. The summed E-state index contributed by atoms with van der Waals surface area (Å²) in [6.45, 7) is -0.427. The van der Waals surface area contributed by atoms with Crippen LogP contribution in [0.3, 0.4) is 0 Å². The second-order valence-electron chi connectivity index (χ2n) is 5.04.